The van der Waals surface area contributed by atoms with Crippen LogP contribution in [0.1, 0.15) is 16.3 Å². The second kappa shape index (κ2) is 8.89. The van der Waals surface area contributed by atoms with Gasteiger partial charge in [-0.1, -0.05) is 35.5 Å². The van der Waals surface area contributed by atoms with Crippen LogP contribution < -0.4 is 5.32 Å². The molecule has 0 atom stereocenters. The van der Waals surface area contributed by atoms with Crippen LogP contribution in [0.2, 0.25) is 0 Å². The Hall–Kier alpha value is -2.49. The summed E-state index contributed by atoms with van der Waals surface area (Å²) >= 11 is 4.75. The molecule has 1 aromatic carbocycles. The number of aromatic nitrogens is 4. The van der Waals surface area contributed by atoms with E-state index >= 15 is 0 Å². The molecule has 0 aliphatic carbocycles. The Morgan fingerprint density at radius 3 is 2.76 bits per heavy atom. The molecule has 1 N–H and O–H groups in total. The second-order valence-electron chi connectivity index (χ2n) is 6.45. The number of thioether (sulfide) groups is 1. The van der Waals surface area contributed by atoms with Gasteiger partial charge in [0.2, 0.25) is 5.91 Å². The Labute approximate surface area is 181 Å². The molecule has 6 nitrogen and oxygen atoms in total. The smallest absolute Gasteiger partial charge is 0.231 e. The predicted molar refractivity (Wildman–Crippen MR) is 120 cm³/mol. The van der Waals surface area contributed by atoms with Crippen molar-refractivity contribution in [3.05, 3.63) is 63.4 Å². The molecule has 4 aromatic rings. The van der Waals surface area contributed by atoms with Crippen molar-refractivity contribution in [2.24, 2.45) is 7.05 Å². The number of thiazole rings is 1. The first-order chi connectivity index (χ1) is 14.1. The fourth-order valence-electron chi connectivity index (χ4n) is 2.68. The number of aryl methyl sites for hydroxylation is 1. The molecule has 0 spiro atoms. The molecule has 29 heavy (non-hydrogen) atoms. The number of anilines is 1. The van der Waals surface area contributed by atoms with E-state index in [1.54, 1.807) is 23.1 Å². The lowest BCUT2D eigenvalue weighted by atomic mass is 10.2. The highest BCUT2D eigenvalue weighted by Gasteiger charge is 2.13. The third kappa shape index (κ3) is 4.92. The van der Waals surface area contributed by atoms with Gasteiger partial charge in [-0.3, -0.25) is 4.79 Å². The lowest BCUT2D eigenvalue weighted by molar-refractivity contribution is -0.115. The Morgan fingerprint density at radius 2 is 2.00 bits per heavy atom. The minimum absolute atomic E-state index is 0.0590. The van der Waals surface area contributed by atoms with Crippen LogP contribution in [0.25, 0.3) is 10.7 Å². The van der Waals surface area contributed by atoms with E-state index in [0.717, 1.165) is 37.8 Å². The van der Waals surface area contributed by atoms with Crippen molar-refractivity contribution in [1.82, 2.24) is 19.7 Å². The van der Waals surface area contributed by atoms with Gasteiger partial charge in [0.05, 0.1) is 17.0 Å². The number of nitrogens with one attached hydrogen (secondary N) is 1. The number of hydrogen-bond donors (Lipinski definition) is 1. The fraction of sp³-hybridized carbons (Fsp3) is 0.200. The van der Waals surface area contributed by atoms with Gasteiger partial charge in [-0.05, 0) is 30.5 Å². The summed E-state index contributed by atoms with van der Waals surface area (Å²) in [5.74, 6) is 1.50. The van der Waals surface area contributed by atoms with Crippen molar-refractivity contribution in [2.45, 2.75) is 24.3 Å². The highest BCUT2D eigenvalue weighted by Crippen LogP contribution is 2.28. The SMILES string of the molecule is Cc1ccc(NC(=O)Cc2nc(CSc3nnc(-c4cccs4)n3C)cs2)cc1. The summed E-state index contributed by atoms with van der Waals surface area (Å²) in [6.07, 6.45) is 0.274. The zero-order chi connectivity index (χ0) is 20.2. The first-order valence-electron chi connectivity index (χ1n) is 8.94. The van der Waals surface area contributed by atoms with Crippen molar-refractivity contribution >= 4 is 46.0 Å². The number of carbonyl (C=O) groups is 1. The Bertz CT molecular complexity index is 1100. The van der Waals surface area contributed by atoms with E-state index in [1.165, 1.54) is 11.3 Å². The average molecular weight is 442 g/mol. The van der Waals surface area contributed by atoms with Gasteiger partial charge in [0.15, 0.2) is 11.0 Å². The number of hydrogen-bond acceptors (Lipinski definition) is 7. The van der Waals surface area contributed by atoms with Gasteiger partial charge >= 0.3 is 0 Å². The van der Waals surface area contributed by atoms with Crippen LogP contribution in [0.3, 0.4) is 0 Å². The maximum Gasteiger partial charge on any atom is 0.231 e. The zero-order valence-electron chi connectivity index (χ0n) is 16.0. The van der Waals surface area contributed by atoms with Crippen LogP contribution in [0.15, 0.2) is 52.3 Å². The van der Waals surface area contributed by atoms with Crippen LogP contribution in [-0.4, -0.2) is 25.7 Å². The second-order valence-corrected chi connectivity index (χ2v) is 9.29. The number of benzene rings is 1. The average Bonchev–Trinajstić information content (AvgIpc) is 3.44. The Kier molecular flexibility index (Phi) is 6.08. The molecule has 0 saturated carbocycles. The van der Waals surface area contributed by atoms with Crippen molar-refractivity contribution in [1.29, 1.82) is 0 Å². The monoisotopic (exact) mass is 441 g/mol. The topological polar surface area (TPSA) is 72.7 Å². The molecular weight excluding hydrogens is 422 g/mol. The van der Waals surface area contributed by atoms with Gasteiger partial charge in [-0.15, -0.1) is 32.9 Å². The summed E-state index contributed by atoms with van der Waals surface area (Å²) < 4.78 is 2.00. The quantitative estimate of drug-likeness (QED) is 0.418. The van der Waals surface area contributed by atoms with Crippen molar-refractivity contribution < 1.29 is 4.79 Å². The number of nitrogens with zero attached hydrogens (tertiary/aromatic N) is 4. The van der Waals surface area contributed by atoms with E-state index in [-0.39, 0.29) is 12.3 Å². The minimum atomic E-state index is -0.0590. The summed E-state index contributed by atoms with van der Waals surface area (Å²) in [5, 5.41) is 17.2. The zero-order valence-corrected chi connectivity index (χ0v) is 18.4. The van der Waals surface area contributed by atoms with Crippen LogP contribution in [-0.2, 0) is 24.0 Å². The molecule has 0 aliphatic rings. The van der Waals surface area contributed by atoms with Crippen LogP contribution in [0, 0.1) is 6.92 Å². The van der Waals surface area contributed by atoms with Crippen molar-refractivity contribution in [3.8, 4) is 10.7 Å². The first kappa shape index (κ1) is 19.8. The molecule has 0 fully saturated rings. The first-order valence-corrected chi connectivity index (χ1v) is 11.7. The maximum atomic E-state index is 12.2. The molecule has 1 amide bonds. The number of amides is 1. The summed E-state index contributed by atoms with van der Waals surface area (Å²) in [5.41, 5.74) is 2.91. The highest BCUT2D eigenvalue weighted by molar-refractivity contribution is 7.98. The normalized spacial score (nSPS) is 11.0. The lowest BCUT2D eigenvalue weighted by Crippen LogP contribution is -2.14. The molecule has 0 unspecified atom stereocenters. The highest BCUT2D eigenvalue weighted by atomic mass is 32.2. The number of thiophene rings is 1. The van der Waals surface area contributed by atoms with Gasteiger partial charge in [-0.25, -0.2) is 4.98 Å². The van der Waals surface area contributed by atoms with E-state index in [2.05, 4.69) is 20.5 Å². The van der Waals surface area contributed by atoms with Crippen molar-refractivity contribution in [2.75, 3.05) is 5.32 Å². The Balaban J connectivity index is 1.32. The maximum absolute atomic E-state index is 12.2. The lowest BCUT2D eigenvalue weighted by Gasteiger charge is -2.04. The van der Waals surface area contributed by atoms with E-state index in [0.29, 0.717) is 5.75 Å². The molecule has 0 radical (unpaired) electrons. The van der Waals surface area contributed by atoms with Gasteiger partial charge in [0.1, 0.15) is 5.01 Å². The molecule has 148 valence electrons. The van der Waals surface area contributed by atoms with Gasteiger partial charge in [-0.2, -0.15) is 0 Å². The molecular formula is C20H19N5OS3. The summed E-state index contributed by atoms with van der Waals surface area (Å²) in [6.45, 7) is 2.02. The van der Waals surface area contributed by atoms with Gasteiger partial charge in [0.25, 0.3) is 0 Å². The van der Waals surface area contributed by atoms with Gasteiger partial charge in [0, 0.05) is 23.9 Å². The van der Waals surface area contributed by atoms with Crippen molar-refractivity contribution in [3.63, 3.8) is 0 Å². The molecule has 3 heterocycles. The molecule has 0 aliphatic heterocycles. The van der Waals surface area contributed by atoms with Crippen LogP contribution >= 0.6 is 34.4 Å². The van der Waals surface area contributed by atoms with Crippen LogP contribution in [0.4, 0.5) is 5.69 Å². The van der Waals surface area contributed by atoms with Gasteiger partial charge < -0.3 is 9.88 Å². The van der Waals surface area contributed by atoms with E-state index in [9.17, 15) is 4.79 Å². The molecule has 0 saturated heterocycles. The largest absolute Gasteiger partial charge is 0.326 e. The predicted octanol–water partition coefficient (Wildman–Crippen LogP) is 4.78. The third-order valence-corrected chi connectivity index (χ3v) is 6.99. The van der Waals surface area contributed by atoms with Crippen LogP contribution in [0.5, 0.6) is 0 Å². The summed E-state index contributed by atoms with van der Waals surface area (Å²) in [7, 11) is 1.97. The van der Waals surface area contributed by atoms with E-state index in [1.807, 2.05) is 65.7 Å². The number of rotatable bonds is 7. The standard InChI is InChI=1S/C20H19N5OS3/c1-13-5-7-14(8-6-13)21-17(26)10-18-22-15(11-28-18)12-29-20-24-23-19(25(20)2)16-4-3-9-27-16/h3-9,11H,10,12H2,1-2H3,(H,21,26). The Morgan fingerprint density at radius 1 is 1.17 bits per heavy atom. The number of carbonyl (C=O) groups excluding carboxylic acids is 1. The molecule has 3 aromatic heterocycles. The minimum Gasteiger partial charge on any atom is -0.326 e. The molecule has 4 rings (SSSR count). The fourth-order valence-corrected chi connectivity index (χ4v) is 5.12. The van der Waals surface area contributed by atoms with E-state index < -0.39 is 0 Å². The van der Waals surface area contributed by atoms with E-state index in [4.69, 9.17) is 0 Å². The summed E-state index contributed by atoms with van der Waals surface area (Å²) in [6, 6.07) is 11.8. The third-order valence-electron chi connectivity index (χ3n) is 4.17. The summed E-state index contributed by atoms with van der Waals surface area (Å²) in [4.78, 5) is 17.9. The molecule has 0 bridgehead atoms. The molecule has 9 heteroatoms.